The Hall–Kier alpha value is -1.37. The van der Waals surface area contributed by atoms with Crippen LogP contribution in [0.4, 0.5) is 5.69 Å². The van der Waals surface area contributed by atoms with Crippen molar-refractivity contribution in [1.82, 2.24) is 10.2 Å². The van der Waals surface area contributed by atoms with E-state index in [1.807, 2.05) is 13.8 Å². The lowest BCUT2D eigenvalue weighted by Crippen LogP contribution is -2.35. The fourth-order valence-electron chi connectivity index (χ4n) is 1.85. The second-order valence-corrected chi connectivity index (χ2v) is 4.58. The molecule has 0 aliphatic rings. The summed E-state index contributed by atoms with van der Waals surface area (Å²) in [5, 5.41) is 13.6. The van der Waals surface area contributed by atoms with Crippen molar-refractivity contribution in [1.29, 1.82) is 0 Å². The number of halogens is 2. The number of hydrogen-bond acceptors (Lipinski definition) is 4. The number of nitrogens with one attached hydrogen (secondary N) is 1. The molecular weight excluding hydrogens is 317 g/mol. The lowest BCUT2D eigenvalue weighted by molar-refractivity contribution is -0.385. The molecule has 0 aliphatic heterocycles. The second-order valence-electron chi connectivity index (χ2n) is 4.18. The highest BCUT2D eigenvalue weighted by atomic mass is 35.5. The second kappa shape index (κ2) is 9.55. The molecule has 21 heavy (non-hydrogen) atoms. The highest BCUT2D eigenvalue weighted by Gasteiger charge is 2.23. The van der Waals surface area contributed by atoms with Gasteiger partial charge in [0.15, 0.2) is 0 Å². The molecule has 0 saturated heterocycles. The standard InChI is InChI=1S/C13H18ClN3O3.ClH/c1-3-16(4-2)9-8-15-13(18)10-6-5-7-11(14)12(10)17(19)20;/h5-7H,3-4,8-9H2,1-2H3,(H,15,18);1H. The van der Waals surface area contributed by atoms with Gasteiger partial charge in [-0.3, -0.25) is 14.9 Å². The number of likely N-dealkylation sites (N-methyl/N-ethyl adjacent to an activating group) is 1. The number of nitro benzene ring substituents is 1. The fraction of sp³-hybridized carbons (Fsp3) is 0.462. The molecule has 1 rings (SSSR count). The summed E-state index contributed by atoms with van der Waals surface area (Å²) >= 11 is 5.77. The summed E-state index contributed by atoms with van der Waals surface area (Å²) in [5.74, 6) is -0.480. The van der Waals surface area contributed by atoms with Crippen molar-refractivity contribution < 1.29 is 9.72 Å². The summed E-state index contributed by atoms with van der Waals surface area (Å²) in [7, 11) is 0. The summed E-state index contributed by atoms with van der Waals surface area (Å²) in [6.07, 6.45) is 0. The molecule has 0 unspecified atom stereocenters. The topological polar surface area (TPSA) is 75.5 Å². The van der Waals surface area contributed by atoms with Gasteiger partial charge in [-0.25, -0.2) is 0 Å². The summed E-state index contributed by atoms with van der Waals surface area (Å²) in [6, 6.07) is 4.32. The predicted molar refractivity (Wildman–Crippen MR) is 85.5 cm³/mol. The number of rotatable bonds is 7. The highest BCUT2D eigenvalue weighted by molar-refractivity contribution is 6.33. The van der Waals surface area contributed by atoms with Crippen LogP contribution in [0.2, 0.25) is 5.02 Å². The Morgan fingerprint density at radius 2 is 2.00 bits per heavy atom. The minimum atomic E-state index is -0.637. The SMILES string of the molecule is CCN(CC)CCNC(=O)c1cccc(Cl)c1[N+](=O)[O-].Cl. The van der Waals surface area contributed by atoms with Gasteiger partial charge in [0, 0.05) is 13.1 Å². The molecule has 1 amide bonds. The quantitative estimate of drug-likeness (QED) is 0.614. The van der Waals surface area contributed by atoms with Gasteiger partial charge in [-0.2, -0.15) is 0 Å². The van der Waals surface area contributed by atoms with Crippen LogP contribution in [0.3, 0.4) is 0 Å². The molecule has 0 atom stereocenters. The van der Waals surface area contributed by atoms with E-state index in [1.54, 1.807) is 0 Å². The zero-order valence-corrected chi connectivity index (χ0v) is 13.5. The Kier molecular flexibility index (Phi) is 8.92. The third-order valence-corrected chi connectivity index (χ3v) is 3.33. The first-order valence-corrected chi connectivity index (χ1v) is 6.82. The average Bonchev–Trinajstić information content (AvgIpc) is 2.42. The molecular formula is C13H19Cl2N3O3. The van der Waals surface area contributed by atoms with Crippen LogP contribution in [0.1, 0.15) is 24.2 Å². The van der Waals surface area contributed by atoms with Gasteiger partial charge in [0.1, 0.15) is 10.6 Å². The minimum absolute atomic E-state index is 0. The smallest absolute Gasteiger partial charge is 0.300 e. The largest absolute Gasteiger partial charge is 0.351 e. The van der Waals surface area contributed by atoms with E-state index in [-0.39, 0.29) is 28.7 Å². The molecule has 0 saturated carbocycles. The number of nitro groups is 1. The monoisotopic (exact) mass is 335 g/mol. The Morgan fingerprint density at radius 1 is 1.38 bits per heavy atom. The Labute approximate surface area is 135 Å². The summed E-state index contributed by atoms with van der Waals surface area (Å²) < 4.78 is 0. The van der Waals surface area contributed by atoms with Crippen molar-refractivity contribution in [2.45, 2.75) is 13.8 Å². The normalized spacial score (nSPS) is 10.1. The first-order chi connectivity index (χ1) is 9.51. The molecule has 0 spiro atoms. The zero-order chi connectivity index (χ0) is 15.1. The summed E-state index contributed by atoms with van der Waals surface area (Å²) in [4.78, 5) is 24.5. The molecule has 6 nitrogen and oxygen atoms in total. The molecule has 1 aromatic rings. The van der Waals surface area contributed by atoms with E-state index < -0.39 is 10.8 Å². The molecule has 1 N–H and O–H groups in total. The number of carbonyl (C=O) groups is 1. The third kappa shape index (κ3) is 5.49. The van der Waals surface area contributed by atoms with Gasteiger partial charge in [-0.1, -0.05) is 31.5 Å². The van der Waals surface area contributed by atoms with Gasteiger partial charge < -0.3 is 10.2 Å². The van der Waals surface area contributed by atoms with E-state index in [1.165, 1.54) is 18.2 Å². The molecule has 0 heterocycles. The average molecular weight is 336 g/mol. The maximum absolute atomic E-state index is 12.0. The number of amides is 1. The van der Waals surface area contributed by atoms with Crippen LogP contribution in [0.5, 0.6) is 0 Å². The molecule has 8 heteroatoms. The van der Waals surface area contributed by atoms with Gasteiger partial charge in [0.2, 0.25) is 0 Å². The maximum Gasteiger partial charge on any atom is 0.300 e. The summed E-state index contributed by atoms with van der Waals surface area (Å²) in [5.41, 5.74) is -0.364. The Bertz CT molecular complexity index is 494. The van der Waals surface area contributed by atoms with Crippen LogP contribution in [-0.2, 0) is 0 Å². The third-order valence-electron chi connectivity index (χ3n) is 3.02. The van der Waals surface area contributed by atoms with Gasteiger partial charge in [0.25, 0.3) is 5.91 Å². The zero-order valence-electron chi connectivity index (χ0n) is 12.0. The highest BCUT2D eigenvalue weighted by Crippen LogP contribution is 2.27. The number of benzene rings is 1. The van der Waals surface area contributed by atoms with E-state index in [0.29, 0.717) is 13.1 Å². The van der Waals surface area contributed by atoms with Crippen LogP contribution >= 0.6 is 24.0 Å². The predicted octanol–water partition coefficient (Wildman–Crippen LogP) is 2.74. The molecule has 0 fully saturated rings. The van der Waals surface area contributed by atoms with Gasteiger partial charge >= 0.3 is 5.69 Å². The molecule has 0 bridgehead atoms. The van der Waals surface area contributed by atoms with E-state index in [9.17, 15) is 14.9 Å². The number of para-hydroxylation sites is 1. The van der Waals surface area contributed by atoms with Crippen molar-refractivity contribution in [3.63, 3.8) is 0 Å². The van der Waals surface area contributed by atoms with Crippen LogP contribution in [-0.4, -0.2) is 41.9 Å². The molecule has 118 valence electrons. The van der Waals surface area contributed by atoms with Crippen molar-refractivity contribution >= 4 is 35.6 Å². The molecule has 0 radical (unpaired) electrons. The molecule has 1 aromatic carbocycles. The van der Waals surface area contributed by atoms with Crippen molar-refractivity contribution in [3.05, 3.63) is 38.9 Å². The van der Waals surface area contributed by atoms with Crippen molar-refractivity contribution in [3.8, 4) is 0 Å². The fourth-order valence-corrected chi connectivity index (χ4v) is 2.09. The van der Waals surface area contributed by atoms with Crippen molar-refractivity contribution in [2.24, 2.45) is 0 Å². The van der Waals surface area contributed by atoms with Crippen LogP contribution in [0.25, 0.3) is 0 Å². The maximum atomic E-state index is 12.0. The summed E-state index contributed by atoms with van der Waals surface area (Å²) in [6.45, 7) is 6.99. The van der Waals surface area contributed by atoms with Crippen LogP contribution < -0.4 is 5.32 Å². The molecule has 0 aliphatic carbocycles. The van der Waals surface area contributed by atoms with E-state index >= 15 is 0 Å². The number of hydrogen-bond donors (Lipinski definition) is 1. The van der Waals surface area contributed by atoms with Gasteiger partial charge in [0.05, 0.1) is 4.92 Å². The number of nitrogens with zero attached hydrogens (tertiary/aromatic N) is 2. The van der Waals surface area contributed by atoms with Gasteiger partial charge in [-0.15, -0.1) is 12.4 Å². The van der Waals surface area contributed by atoms with Crippen LogP contribution in [0.15, 0.2) is 18.2 Å². The molecule has 0 aromatic heterocycles. The van der Waals surface area contributed by atoms with Crippen molar-refractivity contribution in [2.75, 3.05) is 26.2 Å². The van der Waals surface area contributed by atoms with E-state index in [0.717, 1.165) is 13.1 Å². The van der Waals surface area contributed by atoms with E-state index in [4.69, 9.17) is 11.6 Å². The first kappa shape index (κ1) is 19.6. The van der Waals surface area contributed by atoms with Crippen LogP contribution in [0, 0.1) is 10.1 Å². The lowest BCUT2D eigenvalue weighted by Gasteiger charge is -2.17. The number of carbonyl (C=O) groups excluding carboxylic acids is 1. The lowest BCUT2D eigenvalue weighted by atomic mass is 10.1. The Balaban J connectivity index is 0.00000400. The van der Waals surface area contributed by atoms with Gasteiger partial charge in [-0.05, 0) is 25.2 Å². The van der Waals surface area contributed by atoms with E-state index in [2.05, 4.69) is 10.2 Å². The Morgan fingerprint density at radius 3 is 2.52 bits per heavy atom. The first-order valence-electron chi connectivity index (χ1n) is 6.44. The minimum Gasteiger partial charge on any atom is -0.351 e.